The van der Waals surface area contributed by atoms with Gasteiger partial charge in [-0.25, -0.2) is 0 Å². The third kappa shape index (κ3) is 4.38. The monoisotopic (exact) mass is 260 g/mol. The van der Waals surface area contributed by atoms with Gasteiger partial charge in [-0.15, -0.1) is 0 Å². The van der Waals surface area contributed by atoms with Gasteiger partial charge in [-0.3, -0.25) is 4.57 Å². The van der Waals surface area contributed by atoms with Crippen molar-refractivity contribution in [2.45, 2.75) is 13.1 Å². The van der Waals surface area contributed by atoms with Crippen molar-refractivity contribution in [3.63, 3.8) is 0 Å². The fraction of sp³-hybridized carbons (Fsp3) is 0.455. The van der Waals surface area contributed by atoms with E-state index in [2.05, 4.69) is 0 Å². The number of benzene rings is 1. The largest absolute Gasteiger partial charge is 0.497 e. The molecule has 1 unspecified atom stereocenters. The molecule has 0 amide bonds. The molecule has 0 spiro atoms. The van der Waals surface area contributed by atoms with Gasteiger partial charge >= 0.3 is 7.60 Å². The minimum atomic E-state index is -3.59. The average Bonchev–Trinajstić information content (AvgIpc) is 2.27. The molecule has 0 aliphatic heterocycles. The van der Waals surface area contributed by atoms with E-state index in [9.17, 15) is 9.46 Å². The summed E-state index contributed by atoms with van der Waals surface area (Å²) in [5, 5.41) is 0. The van der Waals surface area contributed by atoms with Crippen molar-refractivity contribution in [2.24, 2.45) is 0 Å². The van der Waals surface area contributed by atoms with E-state index in [-0.39, 0.29) is 12.8 Å². The Kier molecular flexibility index (Phi) is 5.00. The van der Waals surface area contributed by atoms with Gasteiger partial charge in [0.15, 0.2) is 0 Å². The number of rotatable bonds is 6. The third-order valence-electron chi connectivity index (χ3n) is 2.12. The van der Waals surface area contributed by atoms with E-state index in [0.29, 0.717) is 17.1 Å². The third-order valence-corrected chi connectivity index (χ3v) is 3.55. The molecule has 1 atom stereocenters. The summed E-state index contributed by atoms with van der Waals surface area (Å²) < 4.78 is 26.6. The first-order chi connectivity index (χ1) is 8.00. The zero-order chi connectivity index (χ0) is 12.9. The fourth-order valence-corrected chi connectivity index (χ4v) is 2.57. The second kappa shape index (κ2) is 6.05. The Balaban J connectivity index is 2.94. The topological polar surface area (TPSA) is 65.0 Å². The lowest BCUT2D eigenvalue weighted by atomic mass is 10.2. The lowest BCUT2D eigenvalue weighted by molar-refractivity contribution is 0.272. The Morgan fingerprint density at radius 1 is 1.18 bits per heavy atom. The van der Waals surface area contributed by atoms with Crippen molar-refractivity contribution in [1.29, 1.82) is 0 Å². The highest BCUT2D eigenvalue weighted by Gasteiger charge is 2.20. The first kappa shape index (κ1) is 14.0. The van der Waals surface area contributed by atoms with Gasteiger partial charge in [-0.2, -0.15) is 0 Å². The van der Waals surface area contributed by atoms with Gasteiger partial charge < -0.3 is 18.9 Å². The summed E-state index contributed by atoms with van der Waals surface area (Å²) in [5.41, 5.74) is 0.639. The van der Waals surface area contributed by atoms with Crippen molar-refractivity contribution in [2.75, 3.05) is 20.8 Å². The van der Waals surface area contributed by atoms with Gasteiger partial charge in [-0.05, 0) is 24.6 Å². The Hall–Kier alpha value is -1.03. The quantitative estimate of drug-likeness (QED) is 0.796. The molecule has 1 aromatic carbocycles. The van der Waals surface area contributed by atoms with Gasteiger partial charge in [0.1, 0.15) is 11.5 Å². The van der Waals surface area contributed by atoms with Crippen molar-refractivity contribution in [3.05, 3.63) is 23.8 Å². The zero-order valence-corrected chi connectivity index (χ0v) is 11.1. The first-order valence-corrected chi connectivity index (χ1v) is 6.95. The molecule has 0 bridgehead atoms. The van der Waals surface area contributed by atoms with Crippen LogP contribution in [0.2, 0.25) is 0 Å². The molecule has 0 radical (unpaired) electrons. The van der Waals surface area contributed by atoms with Gasteiger partial charge in [-0.1, -0.05) is 0 Å². The number of hydrogen-bond acceptors (Lipinski definition) is 4. The summed E-state index contributed by atoms with van der Waals surface area (Å²) in [7, 11) is -0.531. The van der Waals surface area contributed by atoms with Gasteiger partial charge in [0, 0.05) is 6.07 Å². The van der Waals surface area contributed by atoms with Crippen LogP contribution in [0.3, 0.4) is 0 Å². The normalized spacial score (nSPS) is 14.1. The molecule has 17 heavy (non-hydrogen) atoms. The highest BCUT2D eigenvalue weighted by Crippen LogP contribution is 2.46. The highest BCUT2D eigenvalue weighted by molar-refractivity contribution is 7.51. The summed E-state index contributed by atoms with van der Waals surface area (Å²) in [6.07, 6.45) is -0.0611. The molecule has 6 heteroatoms. The summed E-state index contributed by atoms with van der Waals surface area (Å²) in [6, 6.07) is 5.07. The predicted molar refractivity (Wildman–Crippen MR) is 64.7 cm³/mol. The fourth-order valence-electron chi connectivity index (χ4n) is 1.44. The van der Waals surface area contributed by atoms with E-state index in [1.54, 1.807) is 25.1 Å². The highest BCUT2D eigenvalue weighted by atomic mass is 31.2. The number of ether oxygens (including phenoxy) is 2. The van der Waals surface area contributed by atoms with Crippen LogP contribution in [0.5, 0.6) is 11.5 Å². The predicted octanol–water partition coefficient (Wildman–Crippen LogP) is 2.43. The Morgan fingerprint density at radius 2 is 1.71 bits per heavy atom. The van der Waals surface area contributed by atoms with Crippen LogP contribution in [-0.4, -0.2) is 25.7 Å². The standard InChI is InChI=1S/C11H17O5P/c1-4-16-17(12,13)8-9-5-10(14-2)7-11(6-9)15-3/h5-7H,4,8H2,1-3H3,(H,12,13). The second-order valence-corrected chi connectivity index (χ2v) is 5.28. The van der Waals surface area contributed by atoms with E-state index in [4.69, 9.17) is 14.0 Å². The SMILES string of the molecule is CCOP(=O)(O)Cc1cc(OC)cc(OC)c1. The molecular formula is C11H17O5P. The van der Waals surface area contributed by atoms with E-state index < -0.39 is 7.60 Å². The van der Waals surface area contributed by atoms with Crippen LogP contribution in [0.25, 0.3) is 0 Å². The molecule has 5 nitrogen and oxygen atoms in total. The molecule has 0 saturated carbocycles. The summed E-state index contributed by atoms with van der Waals surface area (Å²) in [6.45, 7) is 1.88. The summed E-state index contributed by atoms with van der Waals surface area (Å²) >= 11 is 0. The molecule has 0 aliphatic rings. The van der Waals surface area contributed by atoms with Crippen LogP contribution < -0.4 is 9.47 Å². The van der Waals surface area contributed by atoms with E-state index in [1.165, 1.54) is 14.2 Å². The number of methoxy groups -OCH3 is 2. The van der Waals surface area contributed by atoms with Crippen molar-refractivity contribution in [1.82, 2.24) is 0 Å². The molecule has 0 heterocycles. The first-order valence-electron chi connectivity index (χ1n) is 5.19. The molecule has 1 rings (SSSR count). The zero-order valence-electron chi connectivity index (χ0n) is 10.2. The Bertz CT molecular complexity index is 396. The minimum absolute atomic E-state index is 0.0611. The molecule has 0 aliphatic carbocycles. The van der Waals surface area contributed by atoms with Crippen molar-refractivity contribution >= 4 is 7.60 Å². The second-order valence-electron chi connectivity index (χ2n) is 3.43. The van der Waals surface area contributed by atoms with Gasteiger partial charge in [0.2, 0.25) is 0 Å². The van der Waals surface area contributed by atoms with Crippen LogP contribution in [0, 0.1) is 0 Å². The van der Waals surface area contributed by atoms with Crippen molar-refractivity contribution < 1.29 is 23.5 Å². The van der Waals surface area contributed by atoms with Crippen LogP contribution >= 0.6 is 7.60 Å². The van der Waals surface area contributed by atoms with Crippen molar-refractivity contribution in [3.8, 4) is 11.5 Å². The van der Waals surface area contributed by atoms with Crippen LogP contribution in [-0.2, 0) is 15.3 Å². The smallest absolute Gasteiger partial charge is 0.332 e. The molecule has 96 valence electrons. The molecule has 1 aromatic rings. The number of hydrogen-bond donors (Lipinski definition) is 1. The maximum absolute atomic E-state index is 11.6. The Morgan fingerprint density at radius 3 is 2.12 bits per heavy atom. The van der Waals surface area contributed by atoms with Crippen LogP contribution in [0.4, 0.5) is 0 Å². The van der Waals surface area contributed by atoms with E-state index in [0.717, 1.165) is 0 Å². The average molecular weight is 260 g/mol. The summed E-state index contributed by atoms with van der Waals surface area (Å²) in [4.78, 5) is 9.55. The lowest BCUT2D eigenvalue weighted by Gasteiger charge is -2.12. The van der Waals surface area contributed by atoms with Crippen LogP contribution in [0.15, 0.2) is 18.2 Å². The van der Waals surface area contributed by atoms with E-state index >= 15 is 0 Å². The molecule has 0 aromatic heterocycles. The van der Waals surface area contributed by atoms with Gasteiger partial charge in [0.05, 0.1) is 27.0 Å². The maximum Gasteiger partial charge on any atom is 0.332 e. The minimum Gasteiger partial charge on any atom is -0.497 e. The van der Waals surface area contributed by atoms with Crippen LogP contribution in [0.1, 0.15) is 12.5 Å². The maximum atomic E-state index is 11.6. The lowest BCUT2D eigenvalue weighted by Crippen LogP contribution is -1.95. The van der Waals surface area contributed by atoms with Gasteiger partial charge in [0.25, 0.3) is 0 Å². The molecular weight excluding hydrogens is 243 g/mol. The molecule has 1 N–H and O–H groups in total. The van der Waals surface area contributed by atoms with E-state index in [1.807, 2.05) is 0 Å². The summed E-state index contributed by atoms with van der Waals surface area (Å²) in [5.74, 6) is 1.16. The Labute approximate surface area is 101 Å². The molecule has 0 saturated heterocycles. The molecule has 0 fully saturated rings.